The lowest BCUT2D eigenvalue weighted by Crippen LogP contribution is -2.08. The Bertz CT molecular complexity index is 975. The van der Waals surface area contributed by atoms with Gasteiger partial charge in [0.15, 0.2) is 17.3 Å². The van der Waals surface area contributed by atoms with Crippen molar-refractivity contribution in [3.8, 4) is 22.9 Å². The molecule has 0 fully saturated rings. The summed E-state index contributed by atoms with van der Waals surface area (Å²) in [4.78, 5) is 13.0. The van der Waals surface area contributed by atoms with E-state index in [1.165, 1.54) is 32.2 Å². The number of anilines is 1. The van der Waals surface area contributed by atoms with E-state index in [1.54, 1.807) is 12.1 Å². The molecule has 140 valence electrons. The van der Waals surface area contributed by atoms with Crippen LogP contribution in [0.4, 0.5) is 5.82 Å². The Balaban J connectivity index is 2.05. The Morgan fingerprint density at radius 2 is 1.74 bits per heavy atom. The largest absolute Gasteiger partial charge is 0.493 e. The average molecular weight is 432 g/mol. The van der Waals surface area contributed by atoms with Gasteiger partial charge in [-0.3, -0.25) is 4.79 Å². The number of ketones is 1. The van der Waals surface area contributed by atoms with Gasteiger partial charge in [-0.2, -0.15) is 5.10 Å². The third kappa shape index (κ3) is 3.48. The molecule has 2 aromatic carbocycles. The van der Waals surface area contributed by atoms with E-state index in [-0.39, 0.29) is 17.2 Å². The third-order valence-corrected chi connectivity index (χ3v) is 4.52. The molecule has 0 aliphatic heterocycles. The van der Waals surface area contributed by atoms with Crippen molar-refractivity contribution in [2.75, 3.05) is 27.1 Å². The highest BCUT2D eigenvalue weighted by Gasteiger charge is 2.22. The molecule has 0 atom stereocenters. The highest BCUT2D eigenvalue weighted by atomic mass is 79.9. The van der Waals surface area contributed by atoms with Crippen molar-refractivity contribution in [1.29, 1.82) is 0 Å². The Hall–Kier alpha value is -3.00. The minimum absolute atomic E-state index is 0.242. The van der Waals surface area contributed by atoms with Crippen LogP contribution in [0.15, 0.2) is 47.1 Å². The van der Waals surface area contributed by atoms with Crippen LogP contribution in [-0.2, 0) is 0 Å². The quantitative estimate of drug-likeness (QED) is 0.601. The predicted octanol–water partition coefficient (Wildman–Crippen LogP) is 3.47. The van der Waals surface area contributed by atoms with Crippen LogP contribution in [0.1, 0.15) is 15.9 Å². The summed E-state index contributed by atoms with van der Waals surface area (Å²) in [5, 5.41) is 4.26. The van der Waals surface area contributed by atoms with Crippen LogP contribution in [0.3, 0.4) is 0 Å². The van der Waals surface area contributed by atoms with Gasteiger partial charge in [-0.05, 0) is 30.3 Å². The van der Waals surface area contributed by atoms with Gasteiger partial charge in [0.25, 0.3) is 0 Å². The summed E-state index contributed by atoms with van der Waals surface area (Å²) in [6.07, 6.45) is 1.45. The fourth-order valence-electron chi connectivity index (χ4n) is 2.71. The molecule has 27 heavy (non-hydrogen) atoms. The fraction of sp³-hybridized carbons (Fsp3) is 0.158. The SMILES string of the molecule is COc1cc(C(=O)c2cnn(-c3cccc(Br)c3)c2N)cc(OC)c1OC. The Labute approximate surface area is 164 Å². The minimum atomic E-state index is -0.298. The smallest absolute Gasteiger partial charge is 0.203 e. The van der Waals surface area contributed by atoms with Gasteiger partial charge in [0.05, 0.1) is 38.8 Å². The number of nitrogens with zero attached hydrogens (tertiary/aromatic N) is 2. The van der Waals surface area contributed by atoms with Gasteiger partial charge in [0, 0.05) is 10.0 Å². The van der Waals surface area contributed by atoms with Crippen molar-refractivity contribution >= 4 is 27.5 Å². The molecule has 0 spiro atoms. The van der Waals surface area contributed by atoms with Crippen molar-refractivity contribution in [2.24, 2.45) is 0 Å². The number of nitrogen functional groups attached to an aromatic ring is 1. The number of benzene rings is 2. The van der Waals surface area contributed by atoms with E-state index in [2.05, 4.69) is 21.0 Å². The van der Waals surface area contributed by atoms with Crippen molar-refractivity contribution in [1.82, 2.24) is 9.78 Å². The standard InChI is InChI=1S/C19H18BrN3O4/c1-25-15-7-11(8-16(26-2)18(15)27-3)17(24)14-10-22-23(19(14)21)13-6-4-5-12(20)9-13/h4-10H,21H2,1-3H3. The van der Waals surface area contributed by atoms with E-state index in [4.69, 9.17) is 19.9 Å². The lowest BCUT2D eigenvalue weighted by atomic mass is 10.0. The van der Waals surface area contributed by atoms with E-state index >= 15 is 0 Å². The normalized spacial score (nSPS) is 10.5. The second-order valence-corrected chi connectivity index (χ2v) is 6.49. The van der Waals surface area contributed by atoms with Gasteiger partial charge < -0.3 is 19.9 Å². The minimum Gasteiger partial charge on any atom is -0.493 e. The molecule has 8 heteroatoms. The average Bonchev–Trinajstić information content (AvgIpc) is 3.07. The molecule has 3 rings (SSSR count). The van der Waals surface area contributed by atoms with Crippen LogP contribution in [0.25, 0.3) is 5.69 Å². The lowest BCUT2D eigenvalue weighted by molar-refractivity contribution is 0.103. The molecule has 0 aliphatic carbocycles. The van der Waals surface area contributed by atoms with E-state index in [9.17, 15) is 4.79 Å². The van der Waals surface area contributed by atoms with Gasteiger partial charge >= 0.3 is 0 Å². The van der Waals surface area contributed by atoms with Crippen molar-refractivity contribution in [3.63, 3.8) is 0 Å². The van der Waals surface area contributed by atoms with E-state index < -0.39 is 0 Å². The second kappa shape index (κ2) is 7.71. The van der Waals surface area contributed by atoms with Gasteiger partial charge in [0.2, 0.25) is 5.75 Å². The number of methoxy groups -OCH3 is 3. The first kappa shape index (κ1) is 18.8. The summed E-state index contributed by atoms with van der Waals surface area (Å²) in [6.45, 7) is 0. The molecule has 1 aromatic heterocycles. The maximum absolute atomic E-state index is 13.0. The first-order valence-corrected chi connectivity index (χ1v) is 8.73. The maximum Gasteiger partial charge on any atom is 0.203 e. The topological polar surface area (TPSA) is 88.6 Å². The van der Waals surface area contributed by atoms with Crippen LogP contribution >= 0.6 is 15.9 Å². The number of hydrogen-bond donors (Lipinski definition) is 1. The number of carbonyl (C=O) groups excluding carboxylic acids is 1. The van der Waals surface area contributed by atoms with Crippen LogP contribution in [0.5, 0.6) is 17.2 Å². The van der Waals surface area contributed by atoms with Gasteiger partial charge in [-0.1, -0.05) is 22.0 Å². The van der Waals surface area contributed by atoms with Gasteiger partial charge in [-0.25, -0.2) is 4.68 Å². The molecule has 0 amide bonds. The molecule has 0 unspecified atom stereocenters. The molecular weight excluding hydrogens is 414 g/mol. The van der Waals surface area contributed by atoms with Crippen molar-refractivity contribution in [3.05, 3.63) is 58.2 Å². The van der Waals surface area contributed by atoms with E-state index in [0.29, 0.717) is 22.8 Å². The Morgan fingerprint density at radius 3 is 2.30 bits per heavy atom. The highest BCUT2D eigenvalue weighted by molar-refractivity contribution is 9.10. The zero-order chi connectivity index (χ0) is 19.6. The number of nitrogens with two attached hydrogens (primary N) is 1. The molecule has 1 heterocycles. The molecule has 0 radical (unpaired) electrons. The molecule has 7 nitrogen and oxygen atoms in total. The predicted molar refractivity (Wildman–Crippen MR) is 105 cm³/mol. The molecule has 3 aromatic rings. The van der Waals surface area contributed by atoms with Crippen LogP contribution in [0.2, 0.25) is 0 Å². The van der Waals surface area contributed by atoms with Crippen LogP contribution in [-0.4, -0.2) is 36.9 Å². The molecule has 2 N–H and O–H groups in total. The molecule has 0 saturated heterocycles. The number of hydrogen-bond acceptors (Lipinski definition) is 6. The first-order valence-electron chi connectivity index (χ1n) is 7.94. The summed E-state index contributed by atoms with van der Waals surface area (Å²) in [5.74, 6) is 1.13. The van der Waals surface area contributed by atoms with Gasteiger partial charge in [-0.15, -0.1) is 0 Å². The summed E-state index contributed by atoms with van der Waals surface area (Å²) in [5.41, 5.74) is 7.57. The summed E-state index contributed by atoms with van der Waals surface area (Å²) in [7, 11) is 4.48. The van der Waals surface area contributed by atoms with E-state index in [0.717, 1.165) is 10.2 Å². The molecule has 0 saturated carbocycles. The van der Waals surface area contributed by atoms with Crippen molar-refractivity contribution < 1.29 is 19.0 Å². The summed E-state index contributed by atoms with van der Waals surface area (Å²) >= 11 is 3.41. The monoisotopic (exact) mass is 431 g/mol. The zero-order valence-electron chi connectivity index (χ0n) is 15.0. The second-order valence-electron chi connectivity index (χ2n) is 5.58. The van der Waals surface area contributed by atoms with E-state index in [1.807, 2.05) is 24.3 Å². The summed E-state index contributed by atoms with van der Waals surface area (Å²) < 4.78 is 18.3. The Morgan fingerprint density at radius 1 is 1.07 bits per heavy atom. The number of carbonyl (C=O) groups is 1. The number of ether oxygens (including phenoxy) is 3. The Kier molecular flexibility index (Phi) is 5.36. The molecule has 0 bridgehead atoms. The van der Waals surface area contributed by atoms with Crippen LogP contribution < -0.4 is 19.9 Å². The number of aromatic nitrogens is 2. The zero-order valence-corrected chi connectivity index (χ0v) is 16.6. The van der Waals surface area contributed by atoms with Crippen LogP contribution in [0, 0.1) is 0 Å². The van der Waals surface area contributed by atoms with Crippen molar-refractivity contribution in [2.45, 2.75) is 0 Å². The molecule has 0 aliphatic rings. The fourth-order valence-corrected chi connectivity index (χ4v) is 3.10. The summed E-state index contributed by atoms with van der Waals surface area (Å²) in [6, 6.07) is 10.6. The maximum atomic E-state index is 13.0. The molecular formula is C19H18BrN3O4. The number of halogens is 1. The lowest BCUT2D eigenvalue weighted by Gasteiger charge is -2.13. The number of rotatable bonds is 6. The highest BCUT2D eigenvalue weighted by Crippen LogP contribution is 2.39. The third-order valence-electron chi connectivity index (χ3n) is 4.03. The first-order chi connectivity index (χ1) is 13.0. The van der Waals surface area contributed by atoms with Gasteiger partial charge in [0.1, 0.15) is 5.82 Å².